The van der Waals surface area contributed by atoms with Crippen molar-refractivity contribution >= 4 is 5.97 Å². The van der Waals surface area contributed by atoms with E-state index >= 15 is 0 Å². The largest absolute Gasteiger partial charge is 0.435 e. The van der Waals surface area contributed by atoms with Gasteiger partial charge < -0.3 is 9.47 Å². The van der Waals surface area contributed by atoms with Crippen molar-refractivity contribution in [3.05, 3.63) is 12.2 Å². The van der Waals surface area contributed by atoms with Crippen LogP contribution >= 0.6 is 0 Å². The highest BCUT2D eigenvalue weighted by Gasteiger charge is 2.62. The molecule has 0 saturated heterocycles. The highest BCUT2D eigenvalue weighted by atomic mass is 16.7. The Hall–Kier alpha value is -0.830. The fourth-order valence-electron chi connectivity index (χ4n) is 5.99. The molecule has 0 N–H and O–H groups in total. The van der Waals surface area contributed by atoms with Gasteiger partial charge in [-0.25, -0.2) is 4.79 Å². The SMILES string of the molecule is C=C(C)C(=O)OCOC1CC2CC1C1C3CCC(C3)C21. The summed E-state index contributed by atoms with van der Waals surface area (Å²) < 4.78 is 11.0. The number of fused-ring (bicyclic) bond motifs is 9. The Labute approximate surface area is 120 Å². The van der Waals surface area contributed by atoms with Crippen molar-refractivity contribution in [1.29, 1.82) is 0 Å². The molecule has 110 valence electrons. The number of ether oxygens (including phenoxy) is 2. The number of hydrogen-bond acceptors (Lipinski definition) is 3. The minimum absolute atomic E-state index is 0.102. The second-order valence-electron chi connectivity index (χ2n) is 7.42. The topological polar surface area (TPSA) is 35.5 Å². The summed E-state index contributed by atoms with van der Waals surface area (Å²) in [6, 6.07) is 0. The Balaban J connectivity index is 1.34. The van der Waals surface area contributed by atoms with Crippen LogP contribution in [0.1, 0.15) is 39.0 Å². The molecule has 4 aliphatic carbocycles. The van der Waals surface area contributed by atoms with Crippen molar-refractivity contribution in [2.45, 2.75) is 45.1 Å². The van der Waals surface area contributed by atoms with Gasteiger partial charge in [0.05, 0.1) is 6.10 Å². The molecule has 0 aromatic heterocycles. The van der Waals surface area contributed by atoms with Gasteiger partial charge in [-0.2, -0.15) is 0 Å². The van der Waals surface area contributed by atoms with E-state index in [-0.39, 0.29) is 12.8 Å². The molecular formula is C17H24O3. The molecular weight excluding hydrogens is 252 g/mol. The summed E-state index contributed by atoms with van der Waals surface area (Å²) >= 11 is 0. The monoisotopic (exact) mass is 276 g/mol. The zero-order valence-corrected chi connectivity index (χ0v) is 12.2. The van der Waals surface area contributed by atoms with Gasteiger partial charge in [-0.05, 0) is 74.5 Å². The van der Waals surface area contributed by atoms with Crippen LogP contribution in [0, 0.1) is 35.5 Å². The van der Waals surface area contributed by atoms with Gasteiger partial charge >= 0.3 is 5.97 Å². The normalized spacial score (nSPS) is 47.5. The lowest BCUT2D eigenvalue weighted by Gasteiger charge is -2.38. The van der Waals surface area contributed by atoms with E-state index < -0.39 is 0 Å². The van der Waals surface area contributed by atoms with Crippen molar-refractivity contribution in [3.8, 4) is 0 Å². The van der Waals surface area contributed by atoms with Gasteiger partial charge in [0.2, 0.25) is 0 Å². The van der Waals surface area contributed by atoms with Crippen LogP contribution in [0.25, 0.3) is 0 Å². The molecule has 4 saturated carbocycles. The first-order valence-electron chi connectivity index (χ1n) is 8.09. The van der Waals surface area contributed by atoms with Gasteiger partial charge in [0.25, 0.3) is 0 Å². The van der Waals surface area contributed by atoms with Crippen molar-refractivity contribution in [3.63, 3.8) is 0 Å². The molecule has 0 aromatic carbocycles. The lowest BCUT2D eigenvalue weighted by atomic mass is 9.70. The van der Waals surface area contributed by atoms with Crippen LogP contribution in [0.15, 0.2) is 12.2 Å². The molecule has 4 rings (SSSR count). The van der Waals surface area contributed by atoms with Gasteiger partial charge in [-0.3, -0.25) is 0 Å². The number of esters is 1. The maximum Gasteiger partial charge on any atom is 0.335 e. The smallest absolute Gasteiger partial charge is 0.335 e. The van der Waals surface area contributed by atoms with Crippen LogP contribution in [-0.4, -0.2) is 18.9 Å². The second kappa shape index (κ2) is 4.59. The Morgan fingerprint density at radius 3 is 2.60 bits per heavy atom. The van der Waals surface area contributed by atoms with Crippen LogP contribution in [0.2, 0.25) is 0 Å². The summed E-state index contributed by atoms with van der Waals surface area (Å²) in [4.78, 5) is 11.4. The molecule has 0 amide bonds. The summed E-state index contributed by atoms with van der Waals surface area (Å²) in [5.41, 5.74) is 0.440. The third-order valence-corrected chi connectivity index (χ3v) is 6.49. The fraction of sp³-hybridized carbons (Fsp3) is 0.824. The van der Waals surface area contributed by atoms with E-state index in [1.807, 2.05) is 0 Å². The lowest BCUT2D eigenvalue weighted by molar-refractivity contribution is -0.161. The predicted molar refractivity (Wildman–Crippen MR) is 74.7 cm³/mol. The highest BCUT2D eigenvalue weighted by Crippen LogP contribution is 2.67. The first-order valence-corrected chi connectivity index (χ1v) is 8.09. The number of carbonyl (C=O) groups is 1. The highest BCUT2D eigenvalue weighted by molar-refractivity contribution is 5.86. The van der Waals surface area contributed by atoms with Gasteiger partial charge in [-0.1, -0.05) is 6.58 Å². The molecule has 7 atom stereocenters. The first kappa shape index (κ1) is 12.9. The summed E-state index contributed by atoms with van der Waals surface area (Å²) in [5.74, 6) is 5.23. The molecule has 0 heterocycles. The Morgan fingerprint density at radius 1 is 1.10 bits per heavy atom. The van der Waals surface area contributed by atoms with Crippen molar-refractivity contribution in [1.82, 2.24) is 0 Å². The molecule has 4 aliphatic rings. The summed E-state index contributed by atoms with van der Waals surface area (Å²) in [6.45, 7) is 5.35. The predicted octanol–water partition coefficient (Wildman–Crippen LogP) is 3.15. The third-order valence-electron chi connectivity index (χ3n) is 6.49. The van der Waals surface area contributed by atoms with E-state index in [2.05, 4.69) is 6.58 Å². The maximum atomic E-state index is 11.4. The van der Waals surface area contributed by atoms with E-state index in [0.29, 0.717) is 11.7 Å². The number of carbonyl (C=O) groups excluding carboxylic acids is 1. The van der Waals surface area contributed by atoms with Crippen molar-refractivity contribution in [2.24, 2.45) is 35.5 Å². The van der Waals surface area contributed by atoms with Gasteiger partial charge in [-0.15, -0.1) is 0 Å². The van der Waals surface area contributed by atoms with Gasteiger partial charge in [0, 0.05) is 5.57 Å². The van der Waals surface area contributed by atoms with Crippen LogP contribution in [-0.2, 0) is 14.3 Å². The summed E-state index contributed by atoms with van der Waals surface area (Å²) in [5, 5.41) is 0. The molecule has 0 radical (unpaired) electrons. The minimum atomic E-state index is -0.342. The zero-order valence-electron chi connectivity index (χ0n) is 12.2. The van der Waals surface area contributed by atoms with Gasteiger partial charge in [0.15, 0.2) is 6.79 Å². The van der Waals surface area contributed by atoms with Crippen LogP contribution in [0.3, 0.4) is 0 Å². The van der Waals surface area contributed by atoms with Crippen LogP contribution in [0.5, 0.6) is 0 Å². The summed E-state index contributed by atoms with van der Waals surface area (Å²) in [6.07, 6.45) is 7.31. The first-order chi connectivity index (χ1) is 9.65. The van der Waals surface area contributed by atoms with E-state index in [9.17, 15) is 4.79 Å². The van der Waals surface area contributed by atoms with E-state index in [4.69, 9.17) is 9.47 Å². The standard InChI is InChI=1S/C17H24O3/c1-9(2)17(18)20-8-19-14-7-12-6-13(14)16-11-4-3-10(5-11)15(12)16/h10-16H,1,3-8H2,2H3. The zero-order chi connectivity index (χ0) is 13.9. The van der Waals surface area contributed by atoms with Crippen molar-refractivity contribution < 1.29 is 14.3 Å². The Bertz CT molecular complexity index is 444. The molecule has 4 fully saturated rings. The Morgan fingerprint density at radius 2 is 1.85 bits per heavy atom. The average molecular weight is 276 g/mol. The molecule has 3 heteroatoms. The minimum Gasteiger partial charge on any atom is -0.435 e. The molecule has 0 aliphatic heterocycles. The second-order valence-corrected chi connectivity index (χ2v) is 7.42. The average Bonchev–Trinajstić information content (AvgIpc) is 3.16. The summed E-state index contributed by atoms with van der Waals surface area (Å²) in [7, 11) is 0. The molecule has 0 aromatic rings. The number of rotatable bonds is 4. The number of hydrogen-bond donors (Lipinski definition) is 0. The fourth-order valence-corrected chi connectivity index (χ4v) is 5.99. The van der Waals surface area contributed by atoms with Crippen molar-refractivity contribution in [2.75, 3.05) is 6.79 Å². The van der Waals surface area contributed by atoms with Crippen LogP contribution in [0.4, 0.5) is 0 Å². The molecule has 20 heavy (non-hydrogen) atoms. The molecule has 4 bridgehead atoms. The quantitative estimate of drug-likeness (QED) is 0.342. The van der Waals surface area contributed by atoms with E-state index in [1.165, 1.54) is 32.1 Å². The molecule has 7 unspecified atom stereocenters. The molecule has 0 spiro atoms. The van der Waals surface area contributed by atoms with E-state index in [1.54, 1.807) is 6.92 Å². The van der Waals surface area contributed by atoms with E-state index in [0.717, 1.165) is 35.5 Å². The van der Waals surface area contributed by atoms with Gasteiger partial charge in [0.1, 0.15) is 0 Å². The lowest BCUT2D eigenvalue weighted by Crippen LogP contribution is -2.36. The Kier molecular flexibility index (Phi) is 2.95. The maximum absolute atomic E-state index is 11.4. The third kappa shape index (κ3) is 1.78. The molecule has 3 nitrogen and oxygen atoms in total. The van der Waals surface area contributed by atoms with Crippen LogP contribution < -0.4 is 0 Å².